The lowest BCUT2D eigenvalue weighted by Crippen LogP contribution is -2.03. The predicted octanol–water partition coefficient (Wildman–Crippen LogP) is 1.28. The number of nitrogens with two attached hydrogens (primary N) is 1. The van der Waals surface area contributed by atoms with Crippen molar-refractivity contribution in [2.24, 2.45) is 5.73 Å². The van der Waals surface area contributed by atoms with Gasteiger partial charge in [0.05, 0.1) is 6.20 Å². The molecule has 0 atom stereocenters. The molecule has 0 bridgehead atoms. The third kappa shape index (κ3) is 1.99. The van der Waals surface area contributed by atoms with Crippen LogP contribution in [0.25, 0.3) is 11.1 Å². The monoisotopic (exact) mass is 203 g/mol. The zero-order valence-electron chi connectivity index (χ0n) is 8.27. The Kier molecular flexibility index (Phi) is 2.69. The first kappa shape index (κ1) is 9.73. The highest BCUT2D eigenvalue weighted by atomic mass is 16.3. The average molecular weight is 203 g/mol. The van der Waals surface area contributed by atoms with E-state index in [4.69, 9.17) is 5.73 Å². The molecule has 0 unspecified atom stereocenters. The van der Waals surface area contributed by atoms with Gasteiger partial charge in [0.1, 0.15) is 5.75 Å². The molecule has 0 radical (unpaired) electrons. The molecule has 0 saturated carbocycles. The SMILES string of the molecule is NCCc1[nH]ncc1-c1cccc(O)c1. The maximum Gasteiger partial charge on any atom is 0.116 e. The van der Waals surface area contributed by atoms with E-state index in [9.17, 15) is 5.11 Å². The molecule has 0 aliphatic carbocycles. The van der Waals surface area contributed by atoms with Gasteiger partial charge in [0.15, 0.2) is 0 Å². The number of aromatic nitrogens is 2. The van der Waals surface area contributed by atoms with E-state index in [0.29, 0.717) is 6.54 Å². The number of aromatic amines is 1. The van der Waals surface area contributed by atoms with E-state index >= 15 is 0 Å². The number of H-pyrrole nitrogens is 1. The quantitative estimate of drug-likeness (QED) is 0.703. The molecule has 1 heterocycles. The highest BCUT2D eigenvalue weighted by Crippen LogP contribution is 2.25. The van der Waals surface area contributed by atoms with Crippen molar-refractivity contribution in [3.05, 3.63) is 36.2 Å². The minimum atomic E-state index is 0.257. The van der Waals surface area contributed by atoms with Gasteiger partial charge >= 0.3 is 0 Å². The summed E-state index contributed by atoms with van der Waals surface area (Å²) in [5, 5.41) is 16.3. The molecule has 4 N–H and O–H groups in total. The summed E-state index contributed by atoms with van der Waals surface area (Å²) in [6.45, 7) is 0.577. The van der Waals surface area contributed by atoms with Gasteiger partial charge in [-0.3, -0.25) is 5.10 Å². The maximum absolute atomic E-state index is 9.38. The third-order valence-electron chi connectivity index (χ3n) is 2.27. The Balaban J connectivity index is 2.40. The molecule has 1 aromatic heterocycles. The number of phenols is 1. The van der Waals surface area contributed by atoms with Gasteiger partial charge < -0.3 is 10.8 Å². The second-order valence-corrected chi connectivity index (χ2v) is 3.35. The van der Waals surface area contributed by atoms with E-state index in [1.54, 1.807) is 18.3 Å². The van der Waals surface area contributed by atoms with Gasteiger partial charge in [0.2, 0.25) is 0 Å². The van der Waals surface area contributed by atoms with Crippen LogP contribution in [0.5, 0.6) is 5.75 Å². The first-order valence-electron chi connectivity index (χ1n) is 4.83. The molecule has 2 rings (SSSR count). The van der Waals surface area contributed by atoms with Crippen LogP contribution >= 0.6 is 0 Å². The summed E-state index contributed by atoms with van der Waals surface area (Å²) >= 11 is 0. The number of benzene rings is 1. The number of nitrogens with zero attached hydrogens (tertiary/aromatic N) is 1. The first-order chi connectivity index (χ1) is 7.31. The molecule has 0 saturated heterocycles. The van der Waals surface area contributed by atoms with Crippen LogP contribution in [0, 0.1) is 0 Å². The lowest BCUT2D eigenvalue weighted by Gasteiger charge is -2.02. The summed E-state index contributed by atoms with van der Waals surface area (Å²) < 4.78 is 0. The zero-order valence-corrected chi connectivity index (χ0v) is 8.27. The molecular weight excluding hydrogens is 190 g/mol. The number of phenolic OH excluding ortho intramolecular Hbond substituents is 1. The van der Waals surface area contributed by atoms with Gasteiger partial charge in [-0.1, -0.05) is 12.1 Å². The van der Waals surface area contributed by atoms with Crippen LogP contribution in [0.1, 0.15) is 5.69 Å². The molecule has 0 aliphatic heterocycles. The van der Waals surface area contributed by atoms with E-state index in [-0.39, 0.29) is 5.75 Å². The van der Waals surface area contributed by atoms with Crippen LogP contribution in [0.15, 0.2) is 30.5 Å². The molecule has 15 heavy (non-hydrogen) atoms. The zero-order chi connectivity index (χ0) is 10.7. The standard InChI is InChI=1S/C11H13N3O/c12-5-4-11-10(7-13-14-11)8-2-1-3-9(15)6-8/h1-3,6-7,15H,4-5,12H2,(H,13,14). The lowest BCUT2D eigenvalue weighted by molar-refractivity contribution is 0.475. The Bertz CT molecular complexity index is 451. The summed E-state index contributed by atoms with van der Waals surface area (Å²) in [5.41, 5.74) is 8.45. The molecule has 2 aromatic rings. The van der Waals surface area contributed by atoms with E-state index < -0.39 is 0 Å². The van der Waals surface area contributed by atoms with Gasteiger partial charge in [-0.2, -0.15) is 5.10 Å². The van der Waals surface area contributed by atoms with Gasteiger partial charge in [-0.15, -0.1) is 0 Å². The van der Waals surface area contributed by atoms with E-state index in [1.165, 1.54) is 0 Å². The topological polar surface area (TPSA) is 74.9 Å². The Morgan fingerprint density at radius 2 is 2.27 bits per heavy atom. The Hall–Kier alpha value is -1.81. The van der Waals surface area contributed by atoms with Gasteiger partial charge in [-0.05, 0) is 24.2 Å². The van der Waals surface area contributed by atoms with Crippen molar-refractivity contribution in [2.75, 3.05) is 6.54 Å². The van der Waals surface area contributed by atoms with E-state index in [2.05, 4.69) is 10.2 Å². The summed E-state index contributed by atoms with van der Waals surface area (Å²) in [4.78, 5) is 0. The number of aromatic hydroxyl groups is 1. The molecule has 1 aromatic carbocycles. The van der Waals surface area contributed by atoms with Gasteiger partial charge in [-0.25, -0.2) is 0 Å². The molecule has 0 amide bonds. The molecular formula is C11H13N3O. The van der Waals surface area contributed by atoms with Crippen LogP contribution < -0.4 is 5.73 Å². The van der Waals surface area contributed by atoms with Crippen molar-refractivity contribution in [1.82, 2.24) is 10.2 Å². The van der Waals surface area contributed by atoms with Crippen LogP contribution in [-0.2, 0) is 6.42 Å². The second kappa shape index (κ2) is 4.14. The fraction of sp³-hybridized carbons (Fsp3) is 0.182. The maximum atomic E-state index is 9.38. The van der Waals surface area contributed by atoms with Crippen LogP contribution in [0.2, 0.25) is 0 Å². The smallest absolute Gasteiger partial charge is 0.116 e. The van der Waals surface area contributed by atoms with Crippen molar-refractivity contribution in [1.29, 1.82) is 0 Å². The van der Waals surface area contributed by atoms with Crippen LogP contribution in [0.4, 0.5) is 0 Å². The van der Waals surface area contributed by atoms with Crippen molar-refractivity contribution < 1.29 is 5.11 Å². The van der Waals surface area contributed by atoms with Crippen molar-refractivity contribution in [3.63, 3.8) is 0 Å². The number of hydrogen-bond acceptors (Lipinski definition) is 3. The summed E-state index contributed by atoms with van der Waals surface area (Å²) in [7, 11) is 0. The average Bonchev–Trinajstić information content (AvgIpc) is 2.66. The van der Waals surface area contributed by atoms with E-state index in [1.807, 2.05) is 12.1 Å². The molecule has 4 heteroatoms. The van der Waals surface area contributed by atoms with Gasteiger partial charge in [0.25, 0.3) is 0 Å². The molecule has 0 aliphatic rings. The van der Waals surface area contributed by atoms with Crippen molar-refractivity contribution in [2.45, 2.75) is 6.42 Å². The molecule has 0 fully saturated rings. The van der Waals surface area contributed by atoms with E-state index in [0.717, 1.165) is 23.2 Å². The fourth-order valence-electron chi connectivity index (χ4n) is 1.57. The highest BCUT2D eigenvalue weighted by Gasteiger charge is 2.06. The minimum absolute atomic E-state index is 0.257. The molecule has 78 valence electrons. The number of rotatable bonds is 3. The molecule has 0 spiro atoms. The van der Waals surface area contributed by atoms with Crippen molar-refractivity contribution in [3.8, 4) is 16.9 Å². The highest BCUT2D eigenvalue weighted by molar-refractivity contribution is 5.66. The van der Waals surface area contributed by atoms with Crippen LogP contribution in [-0.4, -0.2) is 21.8 Å². The van der Waals surface area contributed by atoms with Crippen molar-refractivity contribution >= 4 is 0 Å². The lowest BCUT2D eigenvalue weighted by atomic mass is 10.0. The minimum Gasteiger partial charge on any atom is -0.508 e. The van der Waals surface area contributed by atoms with Gasteiger partial charge in [0, 0.05) is 17.7 Å². The first-order valence-corrected chi connectivity index (χ1v) is 4.83. The Morgan fingerprint density at radius 3 is 3.00 bits per heavy atom. The summed E-state index contributed by atoms with van der Waals surface area (Å²) in [6, 6.07) is 7.10. The predicted molar refractivity (Wildman–Crippen MR) is 58.4 cm³/mol. The Labute approximate surface area is 87.7 Å². The number of hydrogen-bond donors (Lipinski definition) is 3. The largest absolute Gasteiger partial charge is 0.508 e. The Morgan fingerprint density at radius 1 is 1.40 bits per heavy atom. The van der Waals surface area contributed by atoms with Crippen LogP contribution in [0.3, 0.4) is 0 Å². The normalized spacial score (nSPS) is 10.5. The fourth-order valence-corrected chi connectivity index (χ4v) is 1.57. The summed E-state index contributed by atoms with van der Waals surface area (Å²) in [5.74, 6) is 0.257. The summed E-state index contributed by atoms with van der Waals surface area (Å²) in [6.07, 6.45) is 2.50. The number of nitrogens with one attached hydrogen (secondary N) is 1. The third-order valence-corrected chi connectivity index (χ3v) is 2.27. The second-order valence-electron chi connectivity index (χ2n) is 3.35. The molecule has 4 nitrogen and oxygen atoms in total.